The fourth-order valence-corrected chi connectivity index (χ4v) is 2.99. The van der Waals surface area contributed by atoms with E-state index in [0.717, 1.165) is 11.1 Å². The van der Waals surface area contributed by atoms with Crippen LogP contribution in [0.2, 0.25) is 0 Å². The first-order valence-corrected chi connectivity index (χ1v) is 8.06. The van der Waals surface area contributed by atoms with E-state index in [-0.39, 0.29) is 18.2 Å². The fraction of sp³-hybridized carbons (Fsp3) is 0.300. The molecule has 1 heterocycles. The molecule has 2 aromatic carbocycles. The van der Waals surface area contributed by atoms with Crippen LogP contribution >= 0.6 is 0 Å². The van der Waals surface area contributed by atoms with E-state index in [0.29, 0.717) is 5.69 Å². The Morgan fingerprint density at radius 2 is 1.67 bits per heavy atom. The van der Waals surface area contributed by atoms with Gasteiger partial charge in [0.2, 0.25) is 5.91 Å². The fourth-order valence-electron chi connectivity index (χ4n) is 2.99. The molecule has 1 atom stereocenters. The van der Waals surface area contributed by atoms with Crippen LogP contribution in [-0.2, 0) is 9.53 Å². The van der Waals surface area contributed by atoms with Gasteiger partial charge in [-0.1, -0.05) is 48.5 Å². The van der Waals surface area contributed by atoms with Crippen molar-refractivity contribution < 1.29 is 14.3 Å². The van der Waals surface area contributed by atoms with Crippen LogP contribution in [0.5, 0.6) is 0 Å². The van der Waals surface area contributed by atoms with Crippen LogP contribution in [0.3, 0.4) is 0 Å². The van der Waals surface area contributed by atoms with Crippen molar-refractivity contribution in [1.82, 2.24) is 0 Å². The molecule has 0 N–H and O–H groups in total. The van der Waals surface area contributed by atoms with Crippen LogP contribution in [0.1, 0.15) is 44.2 Å². The highest BCUT2D eigenvalue weighted by molar-refractivity contribution is 6.14. The minimum absolute atomic E-state index is 0.0476. The summed E-state index contributed by atoms with van der Waals surface area (Å²) in [6.45, 7) is 5.37. The molecule has 0 radical (unpaired) electrons. The predicted octanol–water partition coefficient (Wildman–Crippen LogP) is 4.49. The molecule has 3 rings (SSSR count). The van der Waals surface area contributed by atoms with E-state index in [9.17, 15) is 9.59 Å². The number of carbonyl (C=O) groups is 2. The Labute approximate surface area is 142 Å². The Balaban J connectivity index is 2.02. The number of anilines is 1. The van der Waals surface area contributed by atoms with Gasteiger partial charge in [-0.25, -0.2) is 9.69 Å². The molecule has 0 fully saturated rings. The summed E-state index contributed by atoms with van der Waals surface area (Å²) < 4.78 is 5.41. The molecular formula is C20H21NO3. The molecule has 0 aromatic heterocycles. The van der Waals surface area contributed by atoms with Gasteiger partial charge in [0.25, 0.3) is 0 Å². The van der Waals surface area contributed by atoms with Gasteiger partial charge in [0.05, 0.1) is 5.69 Å². The lowest BCUT2D eigenvalue weighted by Gasteiger charge is -2.34. The average Bonchev–Trinajstić information content (AvgIpc) is 2.53. The second-order valence-electron chi connectivity index (χ2n) is 6.94. The molecule has 0 saturated heterocycles. The van der Waals surface area contributed by atoms with E-state index in [1.165, 1.54) is 4.90 Å². The number of hydrogen-bond donors (Lipinski definition) is 0. The first kappa shape index (κ1) is 16.2. The van der Waals surface area contributed by atoms with Gasteiger partial charge in [-0.2, -0.15) is 0 Å². The number of carbonyl (C=O) groups excluding carboxylic acids is 2. The van der Waals surface area contributed by atoms with Gasteiger partial charge < -0.3 is 4.74 Å². The highest BCUT2D eigenvalue weighted by atomic mass is 16.6. The van der Waals surface area contributed by atoms with Crippen LogP contribution in [0, 0.1) is 0 Å². The summed E-state index contributed by atoms with van der Waals surface area (Å²) in [4.78, 5) is 26.4. The van der Waals surface area contributed by atoms with Crippen LogP contribution in [0.15, 0.2) is 54.6 Å². The molecule has 1 aliphatic rings. The molecular weight excluding hydrogens is 302 g/mol. The highest BCUT2D eigenvalue weighted by Crippen LogP contribution is 2.40. The van der Waals surface area contributed by atoms with Gasteiger partial charge in [0.15, 0.2) is 0 Å². The largest absolute Gasteiger partial charge is 0.443 e. The SMILES string of the molecule is CC(C)(C)OC(=O)N1C(=O)CC(c2ccccc2)c2ccccc21. The minimum atomic E-state index is -0.650. The molecule has 0 spiro atoms. The van der Waals surface area contributed by atoms with E-state index >= 15 is 0 Å². The smallest absolute Gasteiger partial charge is 0.421 e. The molecule has 24 heavy (non-hydrogen) atoms. The molecule has 4 heteroatoms. The summed E-state index contributed by atoms with van der Waals surface area (Å²) >= 11 is 0. The zero-order valence-electron chi connectivity index (χ0n) is 14.2. The number of hydrogen-bond acceptors (Lipinski definition) is 3. The second-order valence-corrected chi connectivity index (χ2v) is 6.94. The lowest BCUT2D eigenvalue weighted by atomic mass is 9.84. The normalized spacial score (nSPS) is 17.4. The molecule has 0 aliphatic carbocycles. The third kappa shape index (κ3) is 3.18. The Bertz CT molecular complexity index is 762. The monoisotopic (exact) mass is 323 g/mol. The summed E-state index contributed by atoms with van der Waals surface area (Å²) in [7, 11) is 0. The molecule has 1 unspecified atom stereocenters. The van der Waals surface area contributed by atoms with Gasteiger partial charge in [-0.3, -0.25) is 4.79 Å². The predicted molar refractivity (Wildman–Crippen MR) is 93.1 cm³/mol. The summed E-state index contributed by atoms with van der Waals surface area (Å²) in [6.07, 6.45) is -0.369. The molecule has 0 bridgehead atoms. The molecule has 1 aliphatic heterocycles. The first-order valence-electron chi connectivity index (χ1n) is 8.06. The van der Waals surface area contributed by atoms with Crippen molar-refractivity contribution in [2.24, 2.45) is 0 Å². The average molecular weight is 323 g/mol. The number of fused-ring (bicyclic) bond motifs is 1. The van der Waals surface area contributed by atoms with Crippen LogP contribution in [-0.4, -0.2) is 17.6 Å². The molecule has 0 saturated carbocycles. The molecule has 124 valence electrons. The van der Waals surface area contributed by atoms with E-state index in [4.69, 9.17) is 4.74 Å². The maximum atomic E-state index is 12.7. The second kappa shape index (κ2) is 6.11. The number of imide groups is 1. The topological polar surface area (TPSA) is 46.6 Å². The van der Waals surface area contributed by atoms with Crippen molar-refractivity contribution in [1.29, 1.82) is 0 Å². The third-order valence-electron chi connectivity index (χ3n) is 3.96. The Kier molecular flexibility index (Phi) is 4.14. The zero-order valence-corrected chi connectivity index (χ0v) is 14.2. The number of benzene rings is 2. The molecule has 2 aromatic rings. The number of amides is 2. The van der Waals surface area contributed by atoms with E-state index in [1.54, 1.807) is 26.8 Å². The van der Waals surface area contributed by atoms with Crippen molar-refractivity contribution in [2.75, 3.05) is 4.90 Å². The van der Waals surface area contributed by atoms with Crippen LogP contribution < -0.4 is 4.90 Å². The van der Waals surface area contributed by atoms with Crippen molar-refractivity contribution in [2.45, 2.75) is 38.7 Å². The van der Waals surface area contributed by atoms with E-state index in [1.807, 2.05) is 48.5 Å². The number of rotatable bonds is 1. The van der Waals surface area contributed by atoms with Gasteiger partial charge in [-0.15, -0.1) is 0 Å². The van der Waals surface area contributed by atoms with E-state index < -0.39 is 11.7 Å². The number of para-hydroxylation sites is 1. The maximum absolute atomic E-state index is 12.7. The molecule has 2 amide bonds. The van der Waals surface area contributed by atoms with Gasteiger partial charge in [0, 0.05) is 12.3 Å². The number of ether oxygens (including phenoxy) is 1. The standard InChI is InChI=1S/C20H21NO3/c1-20(2,3)24-19(23)21-17-12-8-7-11-15(17)16(13-18(21)22)14-9-5-4-6-10-14/h4-12,16H,13H2,1-3H3. The zero-order chi connectivity index (χ0) is 17.3. The Morgan fingerprint density at radius 3 is 2.33 bits per heavy atom. The van der Waals surface area contributed by atoms with Crippen LogP contribution in [0.25, 0.3) is 0 Å². The van der Waals surface area contributed by atoms with Crippen molar-refractivity contribution in [3.63, 3.8) is 0 Å². The lowest BCUT2D eigenvalue weighted by molar-refractivity contribution is -0.118. The van der Waals surface area contributed by atoms with Crippen molar-refractivity contribution in [3.8, 4) is 0 Å². The van der Waals surface area contributed by atoms with Gasteiger partial charge in [0.1, 0.15) is 5.60 Å². The summed E-state index contributed by atoms with van der Waals surface area (Å²) in [5.41, 5.74) is 2.00. The highest BCUT2D eigenvalue weighted by Gasteiger charge is 2.37. The first-order chi connectivity index (χ1) is 11.4. The summed E-state index contributed by atoms with van der Waals surface area (Å²) in [5, 5.41) is 0. The number of nitrogens with zero attached hydrogens (tertiary/aromatic N) is 1. The summed E-state index contributed by atoms with van der Waals surface area (Å²) in [6, 6.07) is 17.4. The quantitative estimate of drug-likeness (QED) is 0.777. The Morgan fingerprint density at radius 1 is 1.04 bits per heavy atom. The Hall–Kier alpha value is -2.62. The molecule has 4 nitrogen and oxygen atoms in total. The van der Waals surface area contributed by atoms with Gasteiger partial charge in [-0.05, 0) is 38.0 Å². The van der Waals surface area contributed by atoms with Gasteiger partial charge >= 0.3 is 6.09 Å². The van der Waals surface area contributed by atoms with Crippen LogP contribution in [0.4, 0.5) is 10.5 Å². The lowest BCUT2D eigenvalue weighted by Crippen LogP contribution is -2.44. The van der Waals surface area contributed by atoms with Crippen molar-refractivity contribution in [3.05, 3.63) is 65.7 Å². The maximum Gasteiger partial charge on any atom is 0.421 e. The summed E-state index contributed by atoms with van der Waals surface area (Å²) in [5.74, 6) is -0.287. The van der Waals surface area contributed by atoms with Crippen molar-refractivity contribution >= 4 is 17.7 Å². The third-order valence-corrected chi connectivity index (χ3v) is 3.96. The van der Waals surface area contributed by atoms with E-state index in [2.05, 4.69) is 0 Å². The minimum Gasteiger partial charge on any atom is -0.443 e.